The van der Waals surface area contributed by atoms with E-state index in [1.165, 1.54) is 14.2 Å². The molecule has 0 fully saturated rings. The van der Waals surface area contributed by atoms with Gasteiger partial charge in [-0.05, 0) is 25.1 Å². The van der Waals surface area contributed by atoms with Crippen LogP contribution in [-0.2, 0) is 4.79 Å². The number of para-hydroxylation sites is 1. The molecule has 0 aliphatic rings. The highest BCUT2D eigenvalue weighted by molar-refractivity contribution is 5.88. The predicted molar refractivity (Wildman–Crippen MR) is 110 cm³/mol. The Kier molecular flexibility index (Phi) is 7.58. The number of carbonyl (C=O) groups is 1. The molecule has 2 aromatic carbocycles. The minimum atomic E-state index is -5.08. The van der Waals surface area contributed by atoms with Crippen molar-refractivity contribution in [1.82, 2.24) is 4.98 Å². The second kappa shape index (κ2) is 9.94. The normalized spacial score (nSPS) is 10.8. The number of carboxylic acids is 1. The lowest BCUT2D eigenvalue weighted by Crippen LogP contribution is -2.21. The third kappa shape index (κ3) is 5.23. The fraction of sp³-hybridized carbons (Fsp3) is 0.238. The molecule has 3 rings (SSSR count). The minimum Gasteiger partial charge on any atom is -0.503 e. The number of ether oxygens (including phenoxy) is 3. The number of rotatable bonds is 5. The van der Waals surface area contributed by atoms with E-state index in [1.807, 2.05) is 19.1 Å². The molecule has 0 aliphatic carbocycles. The smallest absolute Gasteiger partial charge is 0.490 e. The van der Waals surface area contributed by atoms with Gasteiger partial charge in [0.05, 0.1) is 37.4 Å². The standard InChI is InChI=1S/C19H19NO5.C2HF3O2/c1-4-25-14-8-6-5-7-11(14)17-19(22)18(21)12-9-15(23-2)16(24-3)10-13(12)20-17;3-2(4,5)1(6)7/h5-10,22H,4H2,1-3H3,(H,20,21);(H,6,7). The Balaban J connectivity index is 0.000000451. The second-order valence-corrected chi connectivity index (χ2v) is 6.16. The average Bonchev–Trinajstić information content (AvgIpc) is 2.76. The van der Waals surface area contributed by atoms with Crippen LogP contribution in [0.5, 0.6) is 23.0 Å². The van der Waals surface area contributed by atoms with Crippen molar-refractivity contribution < 1.29 is 42.4 Å². The van der Waals surface area contributed by atoms with Crippen LogP contribution in [0.3, 0.4) is 0 Å². The summed E-state index contributed by atoms with van der Waals surface area (Å²) < 4.78 is 47.9. The zero-order valence-corrected chi connectivity index (χ0v) is 17.2. The highest BCUT2D eigenvalue weighted by atomic mass is 19.4. The van der Waals surface area contributed by atoms with Gasteiger partial charge >= 0.3 is 12.1 Å². The molecule has 0 spiro atoms. The van der Waals surface area contributed by atoms with Gasteiger partial charge in [0.25, 0.3) is 0 Å². The Bertz CT molecular complexity index is 1170. The Hall–Kier alpha value is -3.89. The van der Waals surface area contributed by atoms with Gasteiger partial charge in [0, 0.05) is 11.6 Å². The molecule has 0 amide bonds. The number of benzene rings is 2. The number of nitrogens with one attached hydrogen (secondary N) is 1. The van der Waals surface area contributed by atoms with E-state index in [-0.39, 0.29) is 5.75 Å². The molecule has 0 saturated carbocycles. The maximum atomic E-state index is 12.7. The lowest BCUT2D eigenvalue weighted by atomic mass is 10.1. The summed E-state index contributed by atoms with van der Waals surface area (Å²) in [6.45, 7) is 2.34. The van der Waals surface area contributed by atoms with Gasteiger partial charge < -0.3 is 29.4 Å². The molecular formula is C21H20F3NO7. The number of aliphatic carboxylic acids is 1. The van der Waals surface area contributed by atoms with Crippen LogP contribution in [0.25, 0.3) is 22.2 Å². The fourth-order valence-electron chi connectivity index (χ4n) is 2.75. The van der Waals surface area contributed by atoms with Crippen LogP contribution in [-0.4, -0.2) is 48.2 Å². The number of hydrogen-bond acceptors (Lipinski definition) is 6. The molecule has 0 unspecified atom stereocenters. The summed E-state index contributed by atoms with van der Waals surface area (Å²) in [6, 6.07) is 10.4. The second-order valence-electron chi connectivity index (χ2n) is 6.16. The molecule has 1 heterocycles. The molecule has 172 valence electrons. The van der Waals surface area contributed by atoms with E-state index >= 15 is 0 Å². The number of hydrogen-bond donors (Lipinski definition) is 3. The van der Waals surface area contributed by atoms with Crippen molar-refractivity contribution in [2.75, 3.05) is 20.8 Å². The summed E-state index contributed by atoms with van der Waals surface area (Å²) in [5.41, 5.74) is 0.946. The van der Waals surface area contributed by atoms with E-state index in [0.29, 0.717) is 46.0 Å². The van der Waals surface area contributed by atoms with Crippen molar-refractivity contribution >= 4 is 16.9 Å². The number of aromatic nitrogens is 1. The van der Waals surface area contributed by atoms with Gasteiger partial charge in [0.2, 0.25) is 5.43 Å². The van der Waals surface area contributed by atoms with Crippen LogP contribution in [0.4, 0.5) is 13.2 Å². The van der Waals surface area contributed by atoms with Crippen LogP contribution < -0.4 is 19.6 Å². The Morgan fingerprint density at radius 1 is 1.06 bits per heavy atom. The average molecular weight is 455 g/mol. The molecule has 32 heavy (non-hydrogen) atoms. The number of methoxy groups -OCH3 is 2. The van der Waals surface area contributed by atoms with E-state index in [1.54, 1.807) is 24.3 Å². The number of pyridine rings is 1. The predicted octanol–water partition coefficient (Wildman–Crippen LogP) is 3.95. The van der Waals surface area contributed by atoms with Crippen molar-refractivity contribution in [3.05, 3.63) is 46.6 Å². The van der Waals surface area contributed by atoms with Crippen LogP contribution in [0, 0.1) is 0 Å². The highest BCUT2D eigenvalue weighted by Crippen LogP contribution is 2.36. The largest absolute Gasteiger partial charge is 0.503 e. The van der Waals surface area contributed by atoms with E-state index < -0.39 is 17.6 Å². The topological polar surface area (TPSA) is 118 Å². The molecule has 8 nitrogen and oxygen atoms in total. The fourth-order valence-corrected chi connectivity index (χ4v) is 2.75. The maximum Gasteiger partial charge on any atom is 0.490 e. The van der Waals surface area contributed by atoms with Crippen LogP contribution in [0.2, 0.25) is 0 Å². The summed E-state index contributed by atoms with van der Waals surface area (Å²) in [6.07, 6.45) is -5.08. The lowest BCUT2D eigenvalue weighted by molar-refractivity contribution is -0.192. The Morgan fingerprint density at radius 3 is 2.16 bits per heavy atom. The van der Waals surface area contributed by atoms with Crippen molar-refractivity contribution in [3.8, 4) is 34.3 Å². The zero-order valence-electron chi connectivity index (χ0n) is 17.2. The van der Waals surface area contributed by atoms with Crippen molar-refractivity contribution in [2.45, 2.75) is 13.1 Å². The number of fused-ring (bicyclic) bond motifs is 1. The summed E-state index contributed by atoms with van der Waals surface area (Å²) in [5.74, 6) is -1.64. The number of aromatic hydroxyl groups is 1. The summed E-state index contributed by atoms with van der Waals surface area (Å²) >= 11 is 0. The van der Waals surface area contributed by atoms with Gasteiger partial charge in [-0.25, -0.2) is 4.79 Å². The van der Waals surface area contributed by atoms with Crippen molar-refractivity contribution in [1.29, 1.82) is 0 Å². The quantitative estimate of drug-likeness (QED) is 0.533. The molecule has 0 saturated heterocycles. The van der Waals surface area contributed by atoms with Crippen LogP contribution in [0.15, 0.2) is 41.2 Å². The van der Waals surface area contributed by atoms with Crippen molar-refractivity contribution in [2.24, 2.45) is 0 Å². The SMILES string of the molecule is CCOc1ccccc1-c1[nH]c2cc(OC)c(OC)cc2c(=O)c1O.O=C(O)C(F)(F)F. The lowest BCUT2D eigenvalue weighted by Gasteiger charge is -2.14. The summed E-state index contributed by atoms with van der Waals surface area (Å²) in [7, 11) is 3.01. The molecule has 0 radical (unpaired) electrons. The number of aromatic amines is 1. The molecule has 0 bridgehead atoms. The van der Waals surface area contributed by atoms with E-state index in [2.05, 4.69) is 4.98 Å². The van der Waals surface area contributed by atoms with E-state index in [4.69, 9.17) is 24.1 Å². The molecule has 11 heteroatoms. The molecule has 0 aliphatic heterocycles. The van der Waals surface area contributed by atoms with Gasteiger partial charge in [-0.15, -0.1) is 0 Å². The highest BCUT2D eigenvalue weighted by Gasteiger charge is 2.38. The molecular weight excluding hydrogens is 435 g/mol. The number of alkyl halides is 3. The first-order valence-electron chi connectivity index (χ1n) is 9.08. The maximum absolute atomic E-state index is 12.7. The Morgan fingerprint density at radius 2 is 1.62 bits per heavy atom. The molecule has 0 atom stereocenters. The number of H-pyrrole nitrogens is 1. The zero-order chi connectivity index (χ0) is 24.1. The third-order valence-corrected chi connectivity index (χ3v) is 4.18. The van der Waals surface area contributed by atoms with Crippen LogP contribution >= 0.6 is 0 Å². The first kappa shape index (κ1) is 24.4. The van der Waals surface area contributed by atoms with Gasteiger partial charge in [-0.3, -0.25) is 4.79 Å². The number of carboxylic acid groups (broad SMARTS) is 1. The van der Waals surface area contributed by atoms with Gasteiger partial charge in [0.15, 0.2) is 17.2 Å². The minimum absolute atomic E-state index is 0.300. The van der Waals surface area contributed by atoms with Crippen LogP contribution in [0.1, 0.15) is 6.92 Å². The monoisotopic (exact) mass is 455 g/mol. The van der Waals surface area contributed by atoms with E-state index in [0.717, 1.165) is 0 Å². The molecule has 1 aromatic heterocycles. The van der Waals surface area contributed by atoms with Crippen molar-refractivity contribution in [3.63, 3.8) is 0 Å². The molecule has 3 aromatic rings. The third-order valence-electron chi connectivity index (χ3n) is 4.18. The molecule has 3 N–H and O–H groups in total. The number of halogens is 3. The van der Waals surface area contributed by atoms with E-state index in [9.17, 15) is 23.1 Å². The van der Waals surface area contributed by atoms with Gasteiger partial charge in [-0.1, -0.05) is 12.1 Å². The first-order chi connectivity index (χ1) is 15.0. The first-order valence-corrected chi connectivity index (χ1v) is 9.08. The Labute approximate surface area is 179 Å². The summed E-state index contributed by atoms with van der Waals surface area (Å²) in [4.78, 5) is 24.7. The summed E-state index contributed by atoms with van der Waals surface area (Å²) in [5, 5.41) is 17.9. The van der Waals surface area contributed by atoms with Gasteiger partial charge in [0.1, 0.15) is 5.75 Å². The van der Waals surface area contributed by atoms with Gasteiger partial charge in [-0.2, -0.15) is 13.2 Å².